The van der Waals surface area contributed by atoms with Gasteiger partial charge in [-0.1, -0.05) is 30.3 Å². The second kappa shape index (κ2) is 9.79. The summed E-state index contributed by atoms with van der Waals surface area (Å²) in [5.41, 5.74) is 1.38. The topological polar surface area (TPSA) is 61.4 Å². The van der Waals surface area contributed by atoms with Gasteiger partial charge in [-0.05, 0) is 37.6 Å². The number of carbonyl (C=O) groups is 1. The Labute approximate surface area is 173 Å². The van der Waals surface area contributed by atoms with Crippen molar-refractivity contribution in [3.63, 3.8) is 0 Å². The summed E-state index contributed by atoms with van der Waals surface area (Å²) in [5.74, 6) is 1.75. The fraction of sp³-hybridized carbons (Fsp3) is 0.458. The predicted molar refractivity (Wildman–Crippen MR) is 112 cm³/mol. The number of ether oxygens (including phenoxy) is 3. The Balaban J connectivity index is 1.59. The molecule has 3 rings (SSSR count). The van der Waals surface area contributed by atoms with Crippen LogP contribution in [0.5, 0.6) is 11.5 Å². The molecule has 1 fully saturated rings. The monoisotopic (exact) mass is 398 g/mol. The lowest BCUT2D eigenvalue weighted by molar-refractivity contribution is -0.665. The fourth-order valence-corrected chi connectivity index (χ4v) is 3.90. The quantitative estimate of drug-likeness (QED) is 0.694. The van der Waals surface area contributed by atoms with E-state index in [1.807, 2.05) is 62.4 Å². The fourth-order valence-electron chi connectivity index (χ4n) is 3.90. The first-order valence-electron chi connectivity index (χ1n) is 10.3. The minimum absolute atomic E-state index is 0.195. The van der Waals surface area contributed by atoms with Crippen LogP contribution in [0.25, 0.3) is 0 Å². The van der Waals surface area contributed by atoms with E-state index in [4.69, 9.17) is 14.2 Å². The van der Waals surface area contributed by atoms with Crippen LogP contribution in [0.1, 0.15) is 37.8 Å². The third-order valence-electron chi connectivity index (χ3n) is 5.64. The van der Waals surface area contributed by atoms with E-state index in [-0.39, 0.29) is 12.4 Å². The lowest BCUT2D eigenvalue weighted by Crippen LogP contribution is -2.86. The van der Waals surface area contributed by atoms with E-state index >= 15 is 0 Å². The Morgan fingerprint density at radius 3 is 2.52 bits per heavy atom. The van der Waals surface area contributed by atoms with Gasteiger partial charge in [0.15, 0.2) is 0 Å². The van der Waals surface area contributed by atoms with Crippen molar-refractivity contribution in [2.45, 2.75) is 45.3 Å². The summed E-state index contributed by atoms with van der Waals surface area (Å²) in [6, 6.07) is 15.5. The first kappa shape index (κ1) is 21.2. The van der Waals surface area contributed by atoms with Crippen LogP contribution in [0.3, 0.4) is 0 Å². The molecule has 1 heterocycles. The van der Waals surface area contributed by atoms with E-state index in [1.54, 1.807) is 7.11 Å². The number of benzene rings is 2. The van der Waals surface area contributed by atoms with E-state index in [9.17, 15) is 4.79 Å². The molecule has 1 aliphatic rings. The number of rotatable bonds is 8. The number of carbonyl (C=O) groups excluding carboxylic acids is 1. The van der Waals surface area contributed by atoms with Crippen LogP contribution in [-0.4, -0.2) is 31.8 Å². The van der Waals surface area contributed by atoms with Gasteiger partial charge in [-0.25, -0.2) is 0 Å². The maximum absolute atomic E-state index is 12.6. The zero-order valence-electron chi connectivity index (χ0n) is 17.6. The van der Waals surface area contributed by atoms with Crippen molar-refractivity contribution in [2.24, 2.45) is 5.92 Å². The Bertz CT molecular complexity index is 798. The van der Waals surface area contributed by atoms with Gasteiger partial charge in [0.05, 0.1) is 26.6 Å². The molecule has 0 amide bonds. The number of para-hydroxylation sites is 1. The Morgan fingerprint density at radius 1 is 1.10 bits per heavy atom. The summed E-state index contributed by atoms with van der Waals surface area (Å²) >= 11 is 0. The van der Waals surface area contributed by atoms with E-state index in [2.05, 4.69) is 5.32 Å². The zero-order chi connectivity index (χ0) is 20.7. The van der Waals surface area contributed by atoms with Crippen molar-refractivity contribution in [2.75, 3.05) is 20.2 Å². The van der Waals surface area contributed by atoms with Gasteiger partial charge in [0, 0.05) is 24.3 Å². The molecule has 2 aromatic rings. The van der Waals surface area contributed by atoms with Crippen LogP contribution in [0.15, 0.2) is 48.5 Å². The number of methoxy groups -OCH3 is 1. The number of hydrogen-bond donors (Lipinski definition) is 1. The minimum atomic E-state index is -0.432. The standard InChI is InChI=1S/C24H31NO4/c1-24(2,20-11-13-25-14-12-20)29-23(26)16-18-9-10-19(22(15-18)27-3)17-28-21-7-5-4-6-8-21/h4-10,15,20,25H,11-14,16-17H2,1-3H3/p+1. The third-order valence-corrected chi connectivity index (χ3v) is 5.64. The summed E-state index contributed by atoms with van der Waals surface area (Å²) in [6.45, 7) is 6.69. The molecule has 0 saturated carbocycles. The highest BCUT2D eigenvalue weighted by molar-refractivity contribution is 5.73. The summed E-state index contributed by atoms with van der Waals surface area (Å²) < 4.78 is 17.2. The summed E-state index contributed by atoms with van der Waals surface area (Å²) in [7, 11) is 1.63. The molecule has 1 saturated heterocycles. The van der Waals surface area contributed by atoms with Crippen LogP contribution >= 0.6 is 0 Å². The molecule has 0 spiro atoms. The lowest BCUT2D eigenvalue weighted by atomic mass is 9.83. The maximum Gasteiger partial charge on any atom is 0.310 e. The maximum atomic E-state index is 12.6. The van der Waals surface area contributed by atoms with Gasteiger partial charge in [0.2, 0.25) is 0 Å². The van der Waals surface area contributed by atoms with Gasteiger partial charge in [0.1, 0.15) is 23.7 Å². The molecule has 0 radical (unpaired) electrons. The van der Waals surface area contributed by atoms with E-state index in [1.165, 1.54) is 0 Å². The lowest BCUT2D eigenvalue weighted by Gasteiger charge is -2.35. The molecular weight excluding hydrogens is 366 g/mol. The summed E-state index contributed by atoms with van der Waals surface area (Å²) in [6.07, 6.45) is 2.41. The molecule has 156 valence electrons. The largest absolute Gasteiger partial charge is 0.496 e. The van der Waals surface area contributed by atoms with Crippen molar-refractivity contribution in [3.8, 4) is 11.5 Å². The molecule has 0 atom stereocenters. The van der Waals surface area contributed by atoms with Gasteiger partial charge in [0.25, 0.3) is 0 Å². The normalized spacial score (nSPS) is 15.0. The van der Waals surface area contributed by atoms with E-state index in [0.29, 0.717) is 18.3 Å². The first-order chi connectivity index (χ1) is 14.0. The van der Waals surface area contributed by atoms with Crippen LogP contribution in [0.2, 0.25) is 0 Å². The average Bonchev–Trinajstić information content (AvgIpc) is 2.73. The Morgan fingerprint density at radius 2 is 1.83 bits per heavy atom. The minimum Gasteiger partial charge on any atom is -0.496 e. The van der Waals surface area contributed by atoms with Gasteiger partial charge in [-0.15, -0.1) is 0 Å². The van der Waals surface area contributed by atoms with Gasteiger partial charge in [-0.3, -0.25) is 4.79 Å². The Hall–Kier alpha value is -2.53. The Kier molecular flexibility index (Phi) is 7.15. The van der Waals surface area contributed by atoms with Crippen molar-refractivity contribution in [1.82, 2.24) is 0 Å². The summed E-state index contributed by atoms with van der Waals surface area (Å²) in [4.78, 5) is 12.6. The molecule has 29 heavy (non-hydrogen) atoms. The van der Waals surface area contributed by atoms with Crippen LogP contribution in [0.4, 0.5) is 0 Å². The smallest absolute Gasteiger partial charge is 0.310 e. The number of esters is 1. The van der Waals surface area contributed by atoms with Crippen molar-refractivity contribution in [1.29, 1.82) is 0 Å². The third kappa shape index (κ3) is 5.97. The molecular formula is C24H32NO4+. The first-order valence-corrected chi connectivity index (χ1v) is 10.3. The molecule has 2 aromatic carbocycles. The number of quaternary nitrogens is 1. The SMILES string of the molecule is COc1cc(CC(=O)OC(C)(C)C2CC[NH2+]CC2)ccc1COc1ccccc1. The molecule has 1 aliphatic heterocycles. The highest BCUT2D eigenvalue weighted by Gasteiger charge is 2.35. The highest BCUT2D eigenvalue weighted by atomic mass is 16.6. The molecule has 5 heteroatoms. The number of nitrogens with two attached hydrogens (primary N) is 1. The second-order valence-electron chi connectivity index (χ2n) is 8.14. The van der Waals surface area contributed by atoms with E-state index in [0.717, 1.165) is 42.8 Å². The van der Waals surface area contributed by atoms with Crippen LogP contribution in [0, 0.1) is 5.92 Å². The average molecular weight is 399 g/mol. The molecule has 2 N–H and O–H groups in total. The number of piperidine rings is 1. The molecule has 0 aromatic heterocycles. The van der Waals surface area contributed by atoms with Crippen molar-refractivity contribution in [3.05, 3.63) is 59.7 Å². The van der Waals surface area contributed by atoms with Crippen molar-refractivity contribution >= 4 is 5.97 Å². The highest BCUT2D eigenvalue weighted by Crippen LogP contribution is 2.29. The predicted octanol–water partition coefficient (Wildman–Crippen LogP) is 3.11. The number of hydrogen-bond acceptors (Lipinski definition) is 4. The molecule has 0 bridgehead atoms. The second-order valence-corrected chi connectivity index (χ2v) is 8.14. The molecule has 5 nitrogen and oxygen atoms in total. The van der Waals surface area contributed by atoms with Crippen molar-refractivity contribution < 1.29 is 24.3 Å². The van der Waals surface area contributed by atoms with Crippen LogP contribution in [-0.2, 0) is 22.6 Å². The van der Waals surface area contributed by atoms with Gasteiger partial charge >= 0.3 is 5.97 Å². The van der Waals surface area contributed by atoms with Crippen LogP contribution < -0.4 is 14.8 Å². The molecule has 0 aliphatic carbocycles. The molecule has 0 unspecified atom stereocenters. The zero-order valence-corrected chi connectivity index (χ0v) is 17.6. The van der Waals surface area contributed by atoms with E-state index < -0.39 is 5.60 Å². The van der Waals surface area contributed by atoms with Gasteiger partial charge < -0.3 is 19.5 Å². The van der Waals surface area contributed by atoms with Gasteiger partial charge in [-0.2, -0.15) is 0 Å². The summed E-state index contributed by atoms with van der Waals surface area (Å²) in [5, 5.41) is 2.32.